The molecule has 0 spiro atoms. The number of rotatable bonds is 6. The largest absolute Gasteiger partial charge is 0.465 e. The summed E-state index contributed by atoms with van der Waals surface area (Å²) in [6, 6.07) is 0. The lowest BCUT2D eigenvalue weighted by Crippen LogP contribution is -2.30. The van der Waals surface area contributed by atoms with Crippen LogP contribution in [0.15, 0.2) is 0 Å². The number of hydrogen-bond donors (Lipinski definition) is 0. The fourth-order valence-electron chi connectivity index (χ4n) is 2.43. The molecule has 0 unspecified atom stereocenters. The molecule has 4 heteroatoms. The Labute approximate surface area is 108 Å². The third kappa shape index (κ3) is 4.24. The van der Waals surface area contributed by atoms with Gasteiger partial charge in [-0.25, -0.2) is 0 Å². The molecule has 0 aliphatic heterocycles. The molecule has 1 rings (SSSR count). The predicted molar refractivity (Wildman–Crippen MR) is 67.0 cm³/mol. The van der Waals surface area contributed by atoms with Gasteiger partial charge in [-0.05, 0) is 26.7 Å². The standard InChI is InChI=1S/C14H22O4/c1-3-18-14(17)12(10(2)15)9-13(16)11-7-5-4-6-8-11/h11-12H,3-9H2,1-2H3/t12-/m1/s1. The quantitative estimate of drug-likeness (QED) is 0.539. The molecule has 1 aliphatic carbocycles. The Bertz CT molecular complexity index is 316. The van der Waals surface area contributed by atoms with Crippen molar-refractivity contribution in [3.8, 4) is 0 Å². The lowest BCUT2D eigenvalue weighted by Gasteiger charge is -2.21. The fourth-order valence-corrected chi connectivity index (χ4v) is 2.43. The van der Waals surface area contributed by atoms with Crippen molar-refractivity contribution in [1.29, 1.82) is 0 Å². The van der Waals surface area contributed by atoms with E-state index in [1.807, 2.05) is 0 Å². The SMILES string of the molecule is CCOC(=O)[C@H](CC(=O)C1CCCCC1)C(C)=O. The molecule has 4 nitrogen and oxygen atoms in total. The molecule has 0 saturated heterocycles. The number of carbonyl (C=O) groups is 3. The molecule has 1 atom stereocenters. The van der Waals surface area contributed by atoms with Gasteiger partial charge in [0.2, 0.25) is 0 Å². The molecule has 0 aromatic rings. The van der Waals surface area contributed by atoms with E-state index in [0.29, 0.717) is 0 Å². The van der Waals surface area contributed by atoms with Crippen molar-refractivity contribution in [3.05, 3.63) is 0 Å². The molecule has 1 fully saturated rings. The van der Waals surface area contributed by atoms with Crippen molar-refractivity contribution in [2.75, 3.05) is 6.61 Å². The molecule has 0 heterocycles. The van der Waals surface area contributed by atoms with Gasteiger partial charge in [0.25, 0.3) is 0 Å². The van der Waals surface area contributed by atoms with Gasteiger partial charge in [-0.3, -0.25) is 14.4 Å². The summed E-state index contributed by atoms with van der Waals surface area (Å²) in [6.07, 6.45) is 5.12. The minimum Gasteiger partial charge on any atom is -0.465 e. The van der Waals surface area contributed by atoms with E-state index in [2.05, 4.69) is 0 Å². The third-order valence-electron chi connectivity index (χ3n) is 3.53. The first-order chi connectivity index (χ1) is 8.56. The van der Waals surface area contributed by atoms with Gasteiger partial charge >= 0.3 is 5.97 Å². The number of ether oxygens (including phenoxy) is 1. The van der Waals surface area contributed by atoms with Crippen molar-refractivity contribution >= 4 is 17.5 Å². The summed E-state index contributed by atoms with van der Waals surface area (Å²) in [5.41, 5.74) is 0. The van der Waals surface area contributed by atoms with Crippen LogP contribution in [0.4, 0.5) is 0 Å². The van der Waals surface area contributed by atoms with E-state index < -0.39 is 11.9 Å². The lowest BCUT2D eigenvalue weighted by atomic mass is 9.82. The van der Waals surface area contributed by atoms with Crippen molar-refractivity contribution < 1.29 is 19.1 Å². The molecule has 102 valence electrons. The highest BCUT2D eigenvalue weighted by atomic mass is 16.5. The molecule has 0 amide bonds. The molecular formula is C14H22O4. The predicted octanol–water partition coefficient (Wildman–Crippen LogP) is 2.29. The van der Waals surface area contributed by atoms with Crippen LogP contribution in [0, 0.1) is 11.8 Å². The number of ketones is 2. The minimum absolute atomic E-state index is 0.0127. The van der Waals surface area contributed by atoms with Crippen molar-refractivity contribution in [2.45, 2.75) is 52.4 Å². The Hall–Kier alpha value is -1.19. The molecule has 0 radical (unpaired) electrons. The van der Waals surface area contributed by atoms with Crippen molar-refractivity contribution in [2.24, 2.45) is 11.8 Å². The van der Waals surface area contributed by atoms with Crippen molar-refractivity contribution in [1.82, 2.24) is 0 Å². The maximum atomic E-state index is 12.1. The topological polar surface area (TPSA) is 60.4 Å². The van der Waals surface area contributed by atoms with Crippen LogP contribution in [0.3, 0.4) is 0 Å². The molecule has 18 heavy (non-hydrogen) atoms. The monoisotopic (exact) mass is 254 g/mol. The highest BCUT2D eigenvalue weighted by Gasteiger charge is 2.31. The van der Waals surface area contributed by atoms with Crippen LogP contribution >= 0.6 is 0 Å². The molecular weight excluding hydrogens is 232 g/mol. The van der Waals surface area contributed by atoms with Gasteiger partial charge in [0.15, 0.2) is 0 Å². The Balaban J connectivity index is 2.57. The van der Waals surface area contributed by atoms with Gasteiger partial charge in [0.1, 0.15) is 17.5 Å². The van der Waals surface area contributed by atoms with Gasteiger partial charge in [-0.1, -0.05) is 19.3 Å². The average Bonchev–Trinajstić information content (AvgIpc) is 2.36. The molecule has 0 N–H and O–H groups in total. The summed E-state index contributed by atoms with van der Waals surface area (Å²) >= 11 is 0. The Morgan fingerprint density at radius 2 is 1.78 bits per heavy atom. The number of hydrogen-bond acceptors (Lipinski definition) is 4. The van der Waals surface area contributed by atoms with E-state index in [1.165, 1.54) is 13.3 Å². The first kappa shape index (κ1) is 14.9. The summed E-state index contributed by atoms with van der Waals surface area (Å²) in [4.78, 5) is 35.1. The van der Waals surface area contributed by atoms with Crippen LogP contribution in [0.5, 0.6) is 0 Å². The van der Waals surface area contributed by atoms with E-state index in [0.717, 1.165) is 25.7 Å². The van der Waals surface area contributed by atoms with Gasteiger partial charge in [-0.2, -0.15) is 0 Å². The van der Waals surface area contributed by atoms with E-state index in [9.17, 15) is 14.4 Å². The van der Waals surface area contributed by atoms with E-state index in [-0.39, 0.29) is 30.5 Å². The molecule has 1 saturated carbocycles. The van der Waals surface area contributed by atoms with Gasteiger partial charge in [-0.15, -0.1) is 0 Å². The number of esters is 1. The molecule has 1 aliphatic rings. The summed E-state index contributed by atoms with van der Waals surface area (Å²) < 4.78 is 4.84. The van der Waals surface area contributed by atoms with Crippen LogP contribution in [0.2, 0.25) is 0 Å². The number of carbonyl (C=O) groups excluding carboxylic acids is 3. The van der Waals surface area contributed by atoms with E-state index in [1.54, 1.807) is 6.92 Å². The second kappa shape index (κ2) is 7.29. The van der Waals surface area contributed by atoms with E-state index in [4.69, 9.17) is 4.74 Å². The zero-order chi connectivity index (χ0) is 13.5. The van der Waals surface area contributed by atoms with Crippen LogP contribution in [0.25, 0.3) is 0 Å². The molecule has 0 aromatic carbocycles. The van der Waals surface area contributed by atoms with Crippen LogP contribution in [-0.4, -0.2) is 24.1 Å². The molecule has 0 bridgehead atoms. The first-order valence-corrected chi connectivity index (χ1v) is 6.76. The lowest BCUT2D eigenvalue weighted by molar-refractivity contribution is -0.153. The van der Waals surface area contributed by atoms with Crippen LogP contribution in [0.1, 0.15) is 52.4 Å². The van der Waals surface area contributed by atoms with E-state index >= 15 is 0 Å². The summed E-state index contributed by atoms with van der Waals surface area (Å²) in [7, 11) is 0. The second-order valence-electron chi connectivity index (χ2n) is 4.92. The average molecular weight is 254 g/mol. The Kier molecular flexibility index (Phi) is 6.02. The Morgan fingerprint density at radius 3 is 2.28 bits per heavy atom. The fraction of sp³-hybridized carbons (Fsp3) is 0.786. The minimum atomic E-state index is -0.903. The summed E-state index contributed by atoms with van der Waals surface area (Å²) in [5, 5.41) is 0. The number of Topliss-reactive ketones (excluding diaryl/α,β-unsaturated/α-hetero) is 2. The zero-order valence-corrected chi connectivity index (χ0v) is 11.2. The zero-order valence-electron chi connectivity index (χ0n) is 11.2. The molecule has 0 aromatic heterocycles. The second-order valence-corrected chi connectivity index (χ2v) is 4.92. The first-order valence-electron chi connectivity index (χ1n) is 6.76. The van der Waals surface area contributed by atoms with Crippen molar-refractivity contribution in [3.63, 3.8) is 0 Å². The van der Waals surface area contributed by atoms with Gasteiger partial charge < -0.3 is 4.74 Å². The highest BCUT2D eigenvalue weighted by molar-refractivity contribution is 6.01. The summed E-state index contributed by atoms with van der Waals surface area (Å²) in [6.45, 7) is 3.27. The maximum absolute atomic E-state index is 12.1. The van der Waals surface area contributed by atoms with Crippen LogP contribution in [-0.2, 0) is 19.1 Å². The highest BCUT2D eigenvalue weighted by Crippen LogP contribution is 2.26. The maximum Gasteiger partial charge on any atom is 0.316 e. The van der Waals surface area contributed by atoms with Gasteiger partial charge in [0, 0.05) is 12.3 Å². The smallest absolute Gasteiger partial charge is 0.316 e. The normalized spacial score (nSPS) is 18.1. The van der Waals surface area contributed by atoms with Gasteiger partial charge in [0.05, 0.1) is 6.61 Å². The van der Waals surface area contributed by atoms with Crippen LogP contribution < -0.4 is 0 Å². The third-order valence-corrected chi connectivity index (χ3v) is 3.53. The summed E-state index contributed by atoms with van der Waals surface area (Å²) in [5.74, 6) is -1.66. The Morgan fingerprint density at radius 1 is 1.17 bits per heavy atom.